The first-order valence-corrected chi connectivity index (χ1v) is 4.66. The van der Waals surface area contributed by atoms with Crippen LogP contribution in [0.2, 0.25) is 0 Å². The highest BCUT2D eigenvalue weighted by atomic mass is 16.5. The van der Waals surface area contributed by atoms with Crippen molar-refractivity contribution in [1.82, 2.24) is 0 Å². The highest BCUT2D eigenvalue weighted by Gasteiger charge is 2.19. The average Bonchev–Trinajstić information content (AvgIpc) is 2.20. The van der Waals surface area contributed by atoms with E-state index < -0.39 is 5.95 Å². The molecule has 0 aromatic rings. The van der Waals surface area contributed by atoms with Gasteiger partial charge < -0.3 is 10.2 Å². The van der Waals surface area contributed by atoms with Gasteiger partial charge in [0.2, 0.25) is 0 Å². The Morgan fingerprint density at radius 1 is 1.38 bits per heavy atom. The molecule has 1 aliphatic rings. The molecule has 0 aromatic carbocycles. The fourth-order valence-corrected chi connectivity index (χ4v) is 1.39. The van der Waals surface area contributed by atoms with Gasteiger partial charge in [0.05, 0.1) is 0 Å². The molecule has 0 saturated carbocycles. The van der Waals surface area contributed by atoms with E-state index in [0.29, 0.717) is 5.57 Å². The highest BCUT2D eigenvalue weighted by Crippen LogP contribution is 2.21. The fourth-order valence-electron chi connectivity index (χ4n) is 1.39. The van der Waals surface area contributed by atoms with Crippen molar-refractivity contribution in [3.63, 3.8) is 0 Å². The second-order valence-electron chi connectivity index (χ2n) is 3.46. The summed E-state index contributed by atoms with van der Waals surface area (Å²) in [5, 5.41) is 17.8. The number of aliphatic hydroxyl groups is 2. The van der Waals surface area contributed by atoms with Crippen molar-refractivity contribution in [2.45, 2.75) is 13.3 Å². The van der Waals surface area contributed by atoms with E-state index in [-0.39, 0.29) is 29.1 Å². The van der Waals surface area contributed by atoms with Gasteiger partial charge in [0, 0.05) is 23.1 Å². The zero-order valence-corrected chi connectivity index (χ0v) is 8.86. The summed E-state index contributed by atoms with van der Waals surface area (Å²) in [6.45, 7) is 4.94. The molecular weight excluding hydrogens is 208 g/mol. The molecular formula is C12H12O4. The van der Waals surface area contributed by atoms with Gasteiger partial charge >= 0.3 is 0 Å². The number of rotatable bonds is 3. The van der Waals surface area contributed by atoms with Gasteiger partial charge in [-0.3, -0.25) is 9.59 Å². The summed E-state index contributed by atoms with van der Waals surface area (Å²) in [5.74, 6) is -1.42. The molecule has 0 aliphatic heterocycles. The molecule has 0 atom stereocenters. The van der Waals surface area contributed by atoms with Crippen LogP contribution in [0.15, 0.2) is 47.5 Å². The first-order chi connectivity index (χ1) is 7.45. The lowest BCUT2D eigenvalue weighted by atomic mass is 9.92. The van der Waals surface area contributed by atoms with Crippen molar-refractivity contribution >= 4 is 11.6 Å². The Morgan fingerprint density at radius 3 is 2.50 bits per heavy atom. The molecule has 84 valence electrons. The third-order valence-electron chi connectivity index (χ3n) is 2.24. The SMILES string of the molecule is C=CC(CC1=CC(=O)C=C(C)C1=O)=C(O)O. The van der Waals surface area contributed by atoms with E-state index in [9.17, 15) is 9.59 Å². The standard InChI is InChI=1S/C12H12O4/c1-3-8(12(15)16)5-9-6-10(13)4-7(2)11(9)14/h3-4,6,15-16H,1,5H2,2H3. The molecule has 0 amide bonds. The second kappa shape index (κ2) is 4.61. The first kappa shape index (κ1) is 12.0. The average molecular weight is 220 g/mol. The summed E-state index contributed by atoms with van der Waals surface area (Å²) < 4.78 is 0. The first-order valence-electron chi connectivity index (χ1n) is 4.66. The Bertz CT molecular complexity index is 446. The van der Waals surface area contributed by atoms with E-state index in [1.807, 2.05) is 0 Å². The minimum atomic E-state index is -0.886. The Morgan fingerprint density at radius 2 is 2.00 bits per heavy atom. The van der Waals surface area contributed by atoms with E-state index in [2.05, 4.69) is 6.58 Å². The minimum absolute atomic E-state index is 0.0123. The predicted octanol–water partition coefficient (Wildman–Crippen LogP) is 1.91. The lowest BCUT2D eigenvalue weighted by molar-refractivity contribution is -0.115. The molecule has 2 N–H and O–H groups in total. The molecule has 16 heavy (non-hydrogen) atoms. The molecule has 0 unspecified atom stereocenters. The van der Waals surface area contributed by atoms with Crippen molar-refractivity contribution in [2.24, 2.45) is 0 Å². The van der Waals surface area contributed by atoms with Crippen LogP contribution in [-0.4, -0.2) is 21.8 Å². The predicted molar refractivity (Wildman–Crippen MR) is 59.0 cm³/mol. The number of ketones is 2. The summed E-state index contributed by atoms with van der Waals surface area (Å²) in [6, 6.07) is 0. The molecule has 0 radical (unpaired) electrons. The molecule has 0 fully saturated rings. The Balaban J connectivity index is 2.99. The van der Waals surface area contributed by atoms with E-state index in [1.165, 1.54) is 18.2 Å². The minimum Gasteiger partial charge on any atom is -0.481 e. The van der Waals surface area contributed by atoms with Crippen LogP contribution < -0.4 is 0 Å². The Kier molecular flexibility index (Phi) is 3.45. The van der Waals surface area contributed by atoms with Crippen molar-refractivity contribution in [1.29, 1.82) is 0 Å². The summed E-state index contributed by atoms with van der Waals surface area (Å²) in [4.78, 5) is 22.8. The number of Topliss-reactive ketones (excluding diaryl/α,β-unsaturated/α-hetero) is 1. The van der Waals surface area contributed by atoms with Crippen molar-refractivity contribution in [2.75, 3.05) is 0 Å². The van der Waals surface area contributed by atoms with E-state index in [1.54, 1.807) is 6.92 Å². The van der Waals surface area contributed by atoms with Crippen LogP contribution in [0.4, 0.5) is 0 Å². The van der Waals surface area contributed by atoms with Crippen LogP contribution in [0.3, 0.4) is 0 Å². The van der Waals surface area contributed by atoms with Crippen LogP contribution in [-0.2, 0) is 9.59 Å². The van der Waals surface area contributed by atoms with Crippen LogP contribution in [0.1, 0.15) is 13.3 Å². The molecule has 0 spiro atoms. The molecule has 0 heterocycles. The monoisotopic (exact) mass is 220 g/mol. The Labute approximate surface area is 92.9 Å². The maximum Gasteiger partial charge on any atom is 0.277 e. The van der Waals surface area contributed by atoms with Crippen molar-refractivity contribution < 1.29 is 19.8 Å². The quantitative estimate of drug-likeness (QED) is 0.433. The maximum absolute atomic E-state index is 11.6. The van der Waals surface area contributed by atoms with Gasteiger partial charge in [-0.15, -0.1) is 0 Å². The van der Waals surface area contributed by atoms with Crippen LogP contribution >= 0.6 is 0 Å². The van der Waals surface area contributed by atoms with Gasteiger partial charge in [-0.2, -0.15) is 0 Å². The molecule has 1 aliphatic carbocycles. The van der Waals surface area contributed by atoms with Gasteiger partial charge in [0.1, 0.15) is 0 Å². The molecule has 0 bridgehead atoms. The molecule has 4 nitrogen and oxygen atoms in total. The fraction of sp³-hybridized carbons (Fsp3) is 0.167. The maximum atomic E-state index is 11.6. The van der Waals surface area contributed by atoms with Crippen molar-refractivity contribution in [3.8, 4) is 0 Å². The van der Waals surface area contributed by atoms with E-state index >= 15 is 0 Å². The Hall–Kier alpha value is -2.10. The number of allylic oxidation sites excluding steroid dienone is 6. The second-order valence-corrected chi connectivity index (χ2v) is 3.46. The number of carbonyl (C=O) groups is 2. The smallest absolute Gasteiger partial charge is 0.277 e. The largest absolute Gasteiger partial charge is 0.481 e. The van der Waals surface area contributed by atoms with Crippen LogP contribution in [0.5, 0.6) is 0 Å². The van der Waals surface area contributed by atoms with Crippen LogP contribution in [0, 0.1) is 0 Å². The summed E-state index contributed by atoms with van der Waals surface area (Å²) >= 11 is 0. The number of hydrogen-bond acceptors (Lipinski definition) is 4. The summed E-state index contributed by atoms with van der Waals surface area (Å²) in [5.41, 5.74) is 0.700. The third kappa shape index (κ3) is 2.48. The number of hydrogen-bond donors (Lipinski definition) is 2. The van der Waals surface area contributed by atoms with Gasteiger partial charge in [0.15, 0.2) is 11.6 Å². The third-order valence-corrected chi connectivity index (χ3v) is 2.24. The number of carbonyl (C=O) groups excluding carboxylic acids is 2. The van der Waals surface area contributed by atoms with Crippen molar-refractivity contribution in [3.05, 3.63) is 47.5 Å². The highest BCUT2D eigenvalue weighted by molar-refractivity contribution is 6.20. The molecule has 0 saturated heterocycles. The topological polar surface area (TPSA) is 74.6 Å². The number of aliphatic hydroxyl groups excluding tert-OH is 1. The summed E-state index contributed by atoms with van der Waals surface area (Å²) in [7, 11) is 0. The molecule has 0 aromatic heterocycles. The van der Waals surface area contributed by atoms with E-state index in [0.717, 1.165) is 0 Å². The summed E-state index contributed by atoms with van der Waals surface area (Å²) in [6.07, 6.45) is 3.67. The van der Waals surface area contributed by atoms with Gasteiger partial charge in [0.25, 0.3) is 5.95 Å². The van der Waals surface area contributed by atoms with Crippen LogP contribution in [0.25, 0.3) is 0 Å². The molecule has 4 heteroatoms. The van der Waals surface area contributed by atoms with Gasteiger partial charge in [-0.05, 0) is 19.1 Å². The zero-order valence-electron chi connectivity index (χ0n) is 8.86. The molecule has 1 rings (SSSR count). The normalized spacial score (nSPS) is 15.3. The van der Waals surface area contributed by atoms with Gasteiger partial charge in [-0.25, -0.2) is 0 Å². The van der Waals surface area contributed by atoms with E-state index in [4.69, 9.17) is 10.2 Å². The lowest BCUT2D eigenvalue weighted by Crippen LogP contribution is -2.13. The van der Waals surface area contributed by atoms with Gasteiger partial charge in [-0.1, -0.05) is 12.7 Å². The zero-order chi connectivity index (χ0) is 12.3. The lowest BCUT2D eigenvalue weighted by Gasteiger charge is -2.10.